The Morgan fingerprint density at radius 1 is 1.31 bits per heavy atom. The van der Waals surface area contributed by atoms with Crippen LogP contribution in [-0.2, 0) is 32.7 Å². The summed E-state index contributed by atoms with van der Waals surface area (Å²) in [5, 5.41) is 74.8. The van der Waals surface area contributed by atoms with Crippen LogP contribution in [0.3, 0.4) is 0 Å². The third-order valence-corrected chi connectivity index (χ3v) is 7.42. The van der Waals surface area contributed by atoms with Crippen molar-refractivity contribution >= 4 is 25.5 Å². The molecule has 3 rings (SSSR count). The van der Waals surface area contributed by atoms with Crippen LogP contribution in [0, 0.1) is 0 Å². The van der Waals surface area contributed by atoms with Gasteiger partial charge in [0.1, 0.15) is 48.4 Å². The molecule has 1 aromatic heterocycles. The lowest BCUT2D eigenvalue weighted by Crippen LogP contribution is -2.69. The Morgan fingerprint density at radius 3 is 2.55 bits per heavy atom. The van der Waals surface area contributed by atoms with Gasteiger partial charge in [-0.15, -0.1) is 0 Å². The van der Waals surface area contributed by atoms with Gasteiger partial charge in [0.05, 0.1) is 31.9 Å². The van der Waals surface area contributed by atoms with Crippen molar-refractivity contribution in [2.24, 2.45) is 5.73 Å². The summed E-state index contributed by atoms with van der Waals surface area (Å²) < 4.78 is 33.1. The van der Waals surface area contributed by atoms with Gasteiger partial charge in [-0.1, -0.05) is 0 Å². The molecule has 42 heavy (non-hydrogen) atoms. The Morgan fingerprint density at radius 2 is 1.98 bits per heavy atom. The highest BCUT2D eigenvalue weighted by Gasteiger charge is 2.54. The predicted molar refractivity (Wildman–Crippen MR) is 127 cm³/mol. The zero-order valence-electron chi connectivity index (χ0n) is 21.4. The first-order chi connectivity index (χ1) is 19.6. The van der Waals surface area contributed by atoms with Crippen molar-refractivity contribution < 1.29 is 73.3 Å². The highest BCUT2D eigenvalue weighted by molar-refractivity contribution is 7.45. The zero-order valence-corrected chi connectivity index (χ0v) is 22.3. The van der Waals surface area contributed by atoms with E-state index in [1.165, 1.54) is 6.07 Å². The molecule has 2 aliphatic rings. The number of aliphatic hydroxyl groups is 6. The third-order valence-electron chi connectivity index (χ3n) is 6.43. The van der Waals surface area contributed by atoms with Crippen LogP contribution in [0.25, 0.3) is 0 Å². The summed E-state index contributed by atoms with van der Waals surface area (Å²) >= 11 is 0. The van der Waals surface area contributed by atoms with Crippen molar-refractivity contribution in [2.45, 2.75) is 67.2 Å². The number of nitrogens with zero attached hydrogens (tertiary/aromatic N) is 2. The van der Waals surface area contributed by atoms with E-state index >= 15 is 0 Å². The quantitative estimate of drug-likeness (QED) is 0.0971. The van der Waals surface area contributed by atoms with E-state index in [0.29, 0.717) is 0 Å². The zero-order chi connectivity index (χ0) is 31.6. The maximum Gasteiger partial charge on any atom is 0.351 e. The van der Waals surface area contributed by atoms with Gasteiger partial charge in [-0.05, 0) is 6.07 Å². The summed E-state index contributed by atoms with van der Waals surface area (Å²) in [4.78, 5) is 52.1. The molecule has 0 saturated carbocycles. The average Bonchev–Trinajstić information content (AvgIpc) is 3.20. The van der Waals surface area contributed by atoms with Crippen molar-refractivity contribution in [3.63, 3.8) is 0 Å². The number of carboxylic acids is 1. The largest absolute Gasteiger partial charge is 0.756 e. The highest BCUT2D eigenvalue weighted by Crippen LogP contribution is 2.48. The molecule has 0 bridgehead atoms. The number of anilines is 1. The number of nitrogen functional groups attached to an aromatic ring is 1. The van der Waals surface area contributed by atoms with Gasteiger partial charge in [0, 0.05) is 12.6 Å². The number of ether oxygens (including phenoxy) is 2. The molecular weight excluding hydrogens is 597 g/mol. The van der Waals surface area contributed by atoms with E-state index in [1.807, 2.05) is 0 Å². The van der Waals surface area contributed by atoms with Crippen LogP contribution in [-0.4, -0.2) is 126 Å². The molecule has 22 heteroatoms. The Balaban J connectivity index is 1.79. The van der Waals surface area contributed by atoms with E-state index in [9.17, 15) is 59.6 Å². The van der Waals surface area contributed by atoms with Crippen molar-refractivity contribution in [3.8, 4) is 0 Å². The summed E-state index contributed by atoms with van der Waals surface area (Å²) in [5.41, 5.74) is 9.63. The van der Waals surface area contributed by atoms with Crippen LogP contribution < -0.4 is 32.5 Å². The second kappa shape index (κ2) is 13.3. The summed E-state index contributed by atoms with van der Waals surface area (Å²) in [6.45, 7) is -2.84. The molecule has 11 N–H and O–H groups in total. The standard InChI is InChI=1S/C20H32N5O16P/c21-4-11(29)24-12-7(27)3-20(18(33)34,40-16(12)13(30)8(28)5-26)41-42(36,37)38-6-9-14(31)15(32)17(39-9)25-2-1-10(22)23-19(25)35/h1-2,7-9,12-17,26-28,30-32H,3-6,21H2,(H,24,29)(H,33,34)(H,36,37)(H2,22,23,35)/p-2/t7-,8-,9?,12-,13-,14-,15-,16?,17-,20-/m1/s1. The lowest BCUT2D eigenvalue weighted by molar-refractivity contribution is -0.377. The summed E-state index contributed by atoms with van der Waals surface area (Å²) in [6, 6.07) is -0.506. The number of aromatic nitrogens is 2. The molecule has 0 aliphatic carbocycles. The minimum absolute atomic E-state index is 0.154. The van der Waals surface area contributed by atoms with Gasteiger partial charge in [-0.2, -0.15) is 4.98 Å². The molecule has 3 heterocycles. The van der Waals surface area contributed by atoms with Crippen LogP contribution in [0.4, 0.5) is 5.82 Å². The van der Waals surface area contributed by atoms with Gasteiger partial charge >= 0.3 is 5.69 Å². The highest BCUT2D eigenvalue weighted by atomic mass is 31.2. The number of hydrogen-bond donors (Lipinski definition) is 9. The fraction of sp³-hybridized carbons (Fsp3) is 0.700. The van der Waals surface area contributed by atoms with Crippen molar-refractivity contribution in [2.75, 3.05) is 25.5 Å². The monoisotopic (exact) mass is 627 g/mol. The molecule has 0 spiro atoms. The van der Waals surface area contributed by atoms with E-state index < -0.39 is 112 Å². The van der Waals surface area contributed by atoms with Gasteiger partial charge in [0.15, 0.2) is 6.23 Å². The molecule has 2 aliphatic heterocycles. The van der Waals surface area contributed by atoms with Gasteiger partial charge < -0.3 is 76.2 Å². The summed E-state index contributed by atoms with van der Waals surface area (Å²) in [6.07, 6.45) is -15.4. The molecule has 21 nitrogen and oxygen atoms in total. The number of aliphatic hydroxyl groups excluding tert-OH is 6. The maximum atomic E-state index is 12.7. The molecule has 1 amide bonds. The van der Waals surface area contributed by atoms with Crippen LogP contribution in [0.15, 0.2) is 17.1 Å². The molecule has 11 atom stereocenters. The Bertz CT molecular complexity index is 1240. The number of rotatable bonds is 12. The Kier molecular flexibility index (Phi) is 10.8. The minimum atomic E-state index is -5.83. The molecule has 0 aromatic carbocycles. The summed E-state index contributed by atoms with van der Waals surface area (Å²) in [7, 11) is -5.83. The summed E-state index contributed by atoms with van der Waals surface area (Å²) in [5.74, 6) is -6.89. The molecular formula is C20H30N5O16P-2. The number of nitrogens with two attached hydrogens (primary N) is 2. The van der Waals surface area contributed by atoms with Crippen LogP contribution >= 0.6 is 7.82 Å². The molecule has 238 valence electrons. The average molecular weight is 627 g/mol. The first-order valence-corrected chi connectivity index (χ1v) is 13.6. The van der Waals surface area contributed by atoms with Gasteiger partial charge in [0.25, 0.3) is 7.82 Å². The van der Waals surface area contributed by atoms with Gasteiger partial charge in [-0.25, -0.2) is 4.79 Å². The molecule has 2 fully saturated rings. The SMILES string of the molecule is NCC(=O)N[C@H]1C([C@H](O)[C@H](O)CO)O[C@](OP(=O)([O-])OCC2O[C@@H](n3ccc(N)nc3=O)[C@H](O)[C@@H]2O)(C(=O)[O-])C[C@H]1O. The number of carbonyl (C=O) groups is 2. The maximum absolute atomic E-state index is 12.7. The number of carboxylic acid groups (broad SMARTS) is 1. The minimum Gasteiger partial charge on any atom is -0.756 e. The number of phosphoric ester groups is 1. The van der Waals surface area contributed by atoms with E-state index in [4.69, 9.17) is 20.9 Å². The number of aliphatic carboxylic acids is 1. The number of nitrogens with one attached hydrogen (secondary N) is 1. The number of amides is 1. The van der Waals surface area contributed by atoms with Crippen molar-refractivity contribution in [1.29, 1.82) is 0 Å². The first-order valence-electron chi connectivity index (χ1n) is 12.1. The van der Waals surface area contributed by atoms with E-state index in [2.05, 4.69) is 19.3 Å². The van der Waals surface area contributed by atoms with Crippen molar-refractivity contribution in [3.05, 3.63) is 22.7 Å². The van der Waals surface area contributed by atoms with Crippen LogP contribution in [0.2, 0.25) is 0 Å². The molecule has 1 aromatic rings. The first kappa shape index (κ1) is 33.9. The smallest absolute Gasteiger partial charge is 0.351 e. The molecule has 2 saturated heterocycles. The fourth-order valence-electron chi connectivity index (χ4n) is 4.31. The Hall–Kier alpha value is -2.63. The topological polar surface area (TPSA) is 355 Å². The second-order valence-corrected chi connectivity index (χ2v) is 10.7. The van der Waals surface area contributed by atoms with Crippen LogP contribution in [0.1, 0.15) is 12.6 Å². The van der Waals surface area contributed by atoms with Crippen LogP contribution in [0.5, 0.6) is 0 Å². The molecule has 3 unspecified atom stereocenters. The lowest BCUT2D eigenvalue weighted by atomic mass is 9.88. The Labute approximate surface area is 235 Å². The number of hydrogen-bond acceptors (Lipinski definition) is 19. The fourth-order valence-corrected chi connectivity index (χ4v) is 5.25. The van der Waals surface area contributed by atoms with Gasteiger partial charge in [-0.3, -0.25) is 18.5 Å². The van der Waals surface area contributed by atoms with Crippen molar-refractivity contribution in [1.82, 2.24) is 14.9 Å². The lowest BCUT2D eigenvalue weighted by Gasteiger charge is -2.50. The normalized spacial score (nSPS) is 34.3. The second-order valence-electron chi connectivity index (χ2n) is 9.36. The third kappa shape index (κ3) is 7.29. The predicted octanol–water partition coefficient (Wildman–Crippen LogP) is -8.30. The van der Waals surface area contributed by atoms with E-state index in [1.54, 1.807) is 0 Å². The van der Waals surface area contributed by atoms with E-state index in [0.717, 1.165) is 10.8 Å². The molecule has 0 radical (unpaired) electrons. The van der Waals surface area contributed by atoms with Gasteiger partial charge in [0.2, 0.25) is 11.7 Å². The number of carbonyl (C=O) groups excluding carboxylic acids is 2. The van der Waals surface area contributed by atoms with E-state index in [-0.39, 0.29) is 5.82 Å². The number of phosphoric acid groups is 1.